The van der Waals surface area contributed by atoms with Crippen molar-refractivity contribution >= 4 is 40.0 Å². The number of hydrazone groups is 1. The molecule has 8 heteroatoms. The maximum Gasteiger partial charge on any atom is 0.289 e. The van der Waals surface area contributed by atoms with Crippen LogP contribution in [0.1, 0.15) is 15.4 Å². The highest BCUT2D eigenvalue weighted by Gasteiger charge is 2.09. The number of benzene rings is 1. The van der Waals surface area contributed by atoms with Gasteiger partial charge in [-0.25, -0.2) is 10.4 Å². The van der Waals surface area contributed by atoms with Gasteiger partial charge in [-0.3, -0.25) is 14.9 Å². The van der Waals surface area contributed by atoms with Gasteiger partial charge in [0.25, 0.3) is 11.6 Å². The fraction of sp³-hybridized carbons (Fsp3) is 0. The third kappa shape index (κ3) is 3.38. The number of aromatic nitrogens is 1. The molecule has 2 heterocycles. The number of carbonyl (C=O) groups is 1. The van der Waals surface area contributed by atoms with E-state index < -0.39 is 10.8 Å². The molecule has 0 saturated carbocycles. The molecule has 0 spiro atoms. The summed E-state index contributed by atoms with van der Waals surface area (Å²) < 4.78 is 0. The van der Waals surface area contributed by atoms with Gasteiger partial charge in [0.15, 0.2) is 0 Å². The van der Waals surface area contributed by atoms with Gasteiger partial charge in [0.05, 0.1) is 26.9 Å². The van der Waals surface area contributed by atoms with Crippen LogP contribution < -0.4 is 5.43 Å². The van der Waals surface area contributed by atoms with Crippen LogP contribution in [0.15, 0.2) is 52.9 Å². The van der Waals surface area contributed by atoms with Crippen LogP contribution in [0.2, 0.25) is 0 Å². The van der Waals surface area contributed by atoms with Crippen molar-refractivity contribution in [2.75, 3.05) is 0 Å². The van der Waals surface area contributed by atoms with Crippen molar-refractivity contribution in [1.29, 1.82) is 0 Å². The molecule has 2 aromatic heterocycles. The van der Waals surface area contributed by atoms with E-state index in [4.69, 9.17) is 0 Å². The third-order valence-electron chi connectivity index (χ3n) is 3.01. The summed E-state index contributed by atoms with van der Waals surface area (Å²) >= 11 is 1.17. The molecule has 0 unspecified atom stereocenters. The molecule has 0 bridgehead atoms. The molecule has 3 rings (SSSR count). The number of hydrogen-bond donors (Lipinski definition) is 1. The first kappa shape index (κ1) is 14.8. The van der Waals surface area contributed by atoms with Gasteiger partial charge in [-0.05, 0) is 12.1 Å². The largest absolute Gasteiger partial charge is 0.289 e. The lowest BCUT2D eigenvalue weighted by molar-refractivity contribution is -0.384. The molecule has 23 heavy (non-hydrogen) atoms. The number of amides is 1. The van der Waals surface area contributed by atoms with Crippen molar-refractivity contribution in [1.82, 2.24) is 10.4 Å². The molecule has 1 amide bonds. The first-order chi connectivity index (χ1) is 11.1. The average Bonchev–Trinajstić information content (AvgIpc) is 3.03. The van der Waals surface area contributed by atoms with Gasteiger partial charge in [0.2, 0.25) is 0 Å². The lowest BCUT2D eigenvalue weighted by Crippen LogP contribution is -2.18. The molecule has 0 aliphatic heterocycles. The zero-order valence-electron chi connectivity index (χ0n) is 11.7. The van der Waals surface area contributed by atoms with E-state index in [-0.39, 0.29) is 11.4 Å². The van der Waals surface area contributed by atoms with Crippen molar-refractivity contribution in [3.63, 3.8) is 0 Å². The quantitative estimate of drug-likeness (QED) is 0.453. The zero-order chi connectivity index (χ0) is 16.2. The lowest BCUT2D eigenvalue weighted by atomic mass is 10.2. The van der Waals surface area contributed by atoms with Crippen LogP contribution in [0.25, 0.3) is 10.9 Å². The Balaban J connectivity index is 1.70. The molecule has 0 atom stereocenters. The second-order valence-corrected chi connectivity index (χ2v) is 5.50. The summed E-state index contributed by atoms with van der Waals surface area (Å²) in [4.78, 5) is 26.9. The number of rotatable bonds is 4. The van der Waals surface area contributed by atoms with Crippen molar-refractivity contribution < 1.29 is 9.72 Å². The van der Waals surface area contributed by atoms with E-state index >= 15 is 0 Å². The normalized spacial score (nSPS) is 11.0. The maximum atomic E-state index is 12.0. The molecule has 0 aliphatic rings. The van der Waals surface area contributed by atoms with Crippen LogP contribution >= 0.6 is 11.3 Å². The second-order valence-electron chi connectivity index (χ2n) is 4.55. The third-order valence-corrected chi connectivity index (χ3v) is 3.86. The number of nitrogens with one attached hydrogen (secondary N) is 1. The molecule has 114 valence electrons. The number of para-hydroxylation sites is 1. The van der Waals surface area contributed by atoms with E-state index in [2.05, 4.69) is 15.5 Å². The topological polar surface area (TPSA) is 97.5 Å². The zero-order valence-corrected chi connectivity index (χ0v) is 12.5. The summed E-state index contributed by atoms with van der Waals surface area (Å²) in [5, 5.41) is 16.7. The van der Waals surface area contributed by atoms with E-state index in [9.17, 15) is 14.9 Å². The number of nitrogens with zero attached hydrogens (tertiary/aromatic N) is 3. The van der Waals surface area contributed by atoms with E-state index in [1.165, 1.54) is 29.0 Å². The molecular formula is C15H10N4O3S. The van der Waals surface area contributed by atoms with Crippen molar-refractivity contribution in [3.8, 4) is 0 Å². The molecule has 1 aromatic carbocycles. The molecule has 7 nitrogen and oxygen atoms in total. The Kier molecular flexibility index (Phi) is 4.07. The molecule has 0 radical (unpaired) electrons. The van der Waals surface area contributed by atoms with E-state index in [0.717, 1.165) is 10.9 Å². The predicted molar refractivity (Wildman–Crippen MR) is 87.8 cm³/mol. The highest BCUT2D eigenvalue weighted by atomic mass is 32.1. The van der Waals surface area contributed by atoms with Crippen LogP contribution in [-0.4, -0.2) is 22.0 Å². The smallest absolute Gasteiger partial charge is 0.266 e. The van der Waals surface area contributed by atoms with Crippen molar-refractivity contribution in [2.24, 2.45) is 5.10 Å². The Hall–Kier alpha value is -3.13. The number of fused-ring (bicyclic) bond motifs is 1. The maximum absolute atomic E-state index is 12.0. The van der Waals surface area contributed by atoms with Crippen LogP contribution in [0.4, 0.5) is 5.69 Å². The minimum Gasteiger partial charge on any atom is -0.266 e. The molecule has 0 fully saturated rings. The minimum absolute atomic E-state index is 0.000951. The summed E-state index contributed by atoms with van der Waals surface area (Å²) in [6, 6.07) is 12.3. The standard InChI is InChI=1S/C15H10N4O3S/c20-15(14-6-5-10-3-1-2-4-13(10)17-14)18-16-8-12-7-11(9-23-12)19(21)22/h1-9H,(H,18,20)/b16-8+. The molecular weight excluding hydrogens is 316 g/mol. The highest BCUT2D eigenvalue weighted by molar-refractivity contribution is 7.12. The van der Waals surface area contributed by atoms with E-state index in [1.807, 2.05) is 30.3 Å². The van der Waals surface area contributed by atoms with E-state index in [0.29, 0.717) is 4.88 Å². The Labute approximate surface area is 134 Å². The second kappa shape index (κ2) is 6.32. The first-order valence-electron chi connectivity index (χ1n) is 6.55. The van der Waals surface area contributed by atoms with Gasteiger partial charge >= 0.3 is 0 Å². The Morgan fingerprint density at radius 1 is 1.30 bits per heavy atom. The van der Waals surface area contributed by atoms with Crippen molar-refractivity contribution in [2.45, 2.75) is 0 Å². The number of hydrogen-bond acceptors (Lipinski definition) is 6. The minimum atomic E-state index is -0.481. The van der Waals surface area contributed by atoms with Crippen LogP contribution in [0, 0.1) is 10.1 Å². The van der Waals surface area contributed by atoms with Gasteiger partial charge in [-0.1, -0.05) is 24.3 Å². The average molecular weight is 326 g/mol. The summed E-state index contributed by atoms with van der Waals surface area (Å²) in [5.41, 5.74) is 3.32. The SMILES string of the molecule is O=C(N/N=C/c1cc([N+](=O)[O-])cs1)c1ccc2ccccc2n1. The monoisotopic (exact) mass is 326 g/mol. The van der Waals surface area contributed by atoms with Gasteiger partial charge in [-0.2, -0.15) is 5.10 Å². The number of nitro groups is 1. The summed E-state index contributed by atoms with van der Waals surface area (Å²) in [6.45, 7) is 0. The molecule has 0 aliphatic carbocycles. The molecule has 1 N–H and O–H groups in total. The fourth-order valence-electron chi connectivity index (χ4n) is 1.91. The number of carbonyl (C=O) groups excluding carboxylic acids is 1. The van der Waals surface area contributed by atoms with Gasteiger partial charge < -0.3 is 0 Å². The summed E-state index contributed by atoms with van der Waals surface area (Å²) in [6.07, 6.45) is 1.36. The van der Waals surface area contributed by atoms with E-state index in [1.54, 1.807) is 6.07 Å². The summed E-state index contributed by atoms with van der Waals surface area (Å²) in [5.74, 6) is -0.446. The molecule has 0 saturated heterocycles. The Bertz CT molecular complexity index is 920. The number of pyridine rings is 1. The Morgan fingerprint density at radius 2 is 2.13 bits per heavy atom. The first-order valence-corrected chi connectivity index (χ1v) is 7.43. The summed E-state index contributed by atoms with van der Waals surface area (Å²) in [7, 11) is 0. The highest BCUT2D eigenvalue weighted by Crippen LogP contribution is 2.19. The molecule has 3 aromatic rings. The Morgan fingerprint density at radius 3 is 2.91 bits per heavy atom. The number of thiophene rings is 1. The van der Waals surface area contributed by atoms with Crippen molar-refractivity contribution in [3.05, 3.63) is 68.5 Å². The van der Waals surface area contributed by atoms with Gasteiger partial charge in [-0.15, -0.1) is 11.3 Å². The van der Waals surface area contributed by atoms with Gasteiger partial charge in [0.1, 0.15) is 5.69 Å². The van der Waals surface area contributed by atoms with Crippen LogP contribution in [0.3, 0.4) is 0 Å². The van der Waals surface area contributed by atoms with Gasteiger partial charge in [0, 0.05) is 11.5 Å². The lowest BCUT2D eigenvalue weighted by Gasteiger charge is -2.01. The predicted octanol–water partition coefficient (Wildman–Crippen LogP) is 2.97. The van der Waals surface area contributed by atoms with Crippen LogP contribution in [-0.2, 0) is 0 Å². The van der Waals surface area contributed by atoms with Crippen LogP contribution in [0.5, 0.6) is 0 Å². The fourth-order valence-corrected chi connectivity index (χ4v) is 2.62.